The Hall–Kier alpha value is -2.07. The minimum absolute atomic E-state index is 0.198. The van der Waals surface area contributed by atoms with Crippen LogP contribution in [0.1, 0.15) is 36.6 Å². The van der Waals surface area contributed by atoms with Crippen molar-refractivity contribution < 1.29 is 4.79 Å². The van der Waals surface area contributed by atoms with E-state index in [1.807, 2.05) is 0 Å². The number of benzene rings is 1. The number of aromatic nitrogens is 1. The Labute approximate surface area is 142 Å². The van der Waals surface area contributed by atoms with E-state index in [1.165, 1.54) is 46.1 Å². The number of aromatic amines is 1. The van der Waals surface area contributed by atoms with E-state index in [0.29, 0.717) is 12.6 Å². The number of nitrogens with two attached hydrogens (primary N) is 1. The van der Waals surface area contributed by atoms with Gasteiger partial charge in [0.2, 0.25) is 5.91 Å². The van der Waals surface area contributed by atoms with Crippen LogP contribution in [-0.2, 0) is 17.6 Å². The molecule has 2 aromatic rings. The van der Waals surface area contributed by atoms with Crippen molar-refractivity contribution in [3.05, 3.63) is 41.1 Å². The second-order valence-corrected chi connectivity index (χ2v) is 7.20. The molecule has 4 rings (SSSR count). The maximum Gasteiger partial charge on any atom is 0.225 e. The summed E-state index contributed by atoms with van der Waals surface area (Å²) in [5, 5.41) is 1.35. The maximum absolute atomic E-state index is 11.7. The fourth-order valence-electron chi connectivity index (χ4n) is 4.36. The van der Waals surface area contributed by atoms with Crippen molar-refractivity contribution in [2.45, 2.75) is 38.6 Å². The molecule has 126 valence electrons. The smallest absolute Gasteiger partial charge is 0.225 e. The molecule has 0 fully saturated rings. The average Bonchev–Trinajstić information content (AvgIpc) is 2.92. The number of amides is 1. The van der Waals surface area contributed by atoms with E-state index < -0.39 is 0 Å². The third-order valence-corrected chi connectivity index (χ3v) is 5.63. The molecule has 24 heavy (non-hydrogen) atoms. The zero-order valence-corrected chi connectivity index (χ0v) is 14.4. The summed E-state index contributed by atoms with van der Waals surface area (Å²) < 4.78 is 0. The van der Waals surface area contributed by atoms with Gasteiger partial charge in [0.15, 0.2) is 0 Å². The molecule has 1 aromatic carbocycles. The summed E-state index contributed by atoms with van der Waals surface area (Å²) >= 11 is 0. The summed E-state index contributed by atoms with van der Waals surface area (Å²) in [4.78, 5) is 17.7. The van der Waals surface area contributed by atoms with Crippen LogP contribution >= 0.6 is 0 Å². The van der Waals surface area contributed by atoms with Gasteiger partial charge in [-0.05, 0) is 49.1 Å². The highest BCUT2D eigenvalue weighted by Gasteiger charge is 2.35. The van der Waals surface area contributed by atoms with Crippen LogP contribution in [-0.4, -0.2) is 35.4 Å². The van der Waals surface area contributed by atoms with Gasteiger partial charge in [0.05, 0.1) is 5.92 Å². The molecule has 2 unspecified atom stereocenters. The van der Waals surface area contributed by atoms with Crippen LogP contribution in [0, 0.1) is 5.92 Å². The van der Waals surface area contributed by atoms with E-state index in [9.17, 15) is 4.79 Å². The van der Waals surface area contributed by atoms with Gasteiger partial charge in [0.25, 0.3) is 0 Å². The first-order chi connectivity index (χ1) is 11.6. The number of aryl methyl sites for hydroxylation is 1. The molecule has 0 saturated carbocycles. The molecule has 1 aliphatic carbocycles. The molecule has 0 bridgehead atoms. The molecule has 1 aliphatic heterocycles. The molecular weight excluding hydrogens is 298 g/mol. The number of nitrogens with zero attached hydrogens (tertiary/aromatic N) is 1. The van der Waals surface area contributed by atoms with Crippen molar-refractivity contribution in [1.82, 2.24) is 9.88 Å². The maximum atomic E-state index is 11.7. The Bertz CT molecular complexity index is 833. The lowest BCUT2D eigenvalue weighted by Crippen LogP contribution is -2.45. The van der Waals surface area contributed by atoms with Crippen molar-refractivity contribution in [3.63, 3.8) is 0 Å². The zero-order chi connectivity index (χ0) is 16.8. The van der Waals surface area contributed by atoms with E-state index in [1.54, 1.807) is 0 Å². The topological polar surface area (TPSA) is 62.1 Å². The van der Waals surface area contributed by atoms with E-state index in [-0.39, 0.29) is 11.8 Å². The second kappa shape index (κ2) is 5.78. The lowest BCUT2D eigenvalue weighted by atomic mass is 9.79. The van der Waals surface area contributed by atoms with Gasteiger partial charge in [0.1, 0.15) is 0 Å². The molecule has 3 N–H and O–H groups in total. The first-order valence-electron chi connectivity index (χ1n) is 8.94. The van der Waals surface area contributed by atoms with Gasteiger partial charge < -0.3 is 10.7 Å². The fraction of sp³-hybridized carbons (Fsp3) is 0.450. The van der Waals surface area contributed by atoms with Crippen LogP contribution < -0.4 is 5.73 Å². The number of unbranched alkanes of at least 4 members (excludes halogenated alkanes) is 1. The number of hydrogen-bond donors (Lipinski definition) is 2. The van der Waals surface area contributed by atoms with Gasteiger partial charge in [0, 0.05) is 29.2 Å². The highest BCUT2D eigenvalue weighted by molar-refractivity contribution is 6.00. The summed E-state index contributed by atoms with van der Waals surface area (Å²) in [5.74, 6) is -0.431. The SMILES string of the molecule is CCCCc1[nH]c2cccc3c2c1CC1C3=CC(C(N)=O)CN1C. The van der Waals surface area contributed by atoms with E-state index >= 15 is 0 Å². The minimum Gasteiger partial charge on any atom is -0.369 e. The zero-order valence-electron chi connectivity index (χ0n) is 14.4. The fourth-order valence-corrected chi connectivity index (χ4v) is 4.36. The first-order valence-corrected chi connectivity index (χ1v) is 8.94. The molecule has 1 amide bonds. The van der Waals surface area contributed by atoms with Gasteiger partial charge in [-0.3, -0.25) is 9.69 Å². The molecule has 0 saturated heterocycles. The number of hydrogen-bond acceptors (Lipinski definition) is 2. The Kier molecular flexibility index (Phi) is 3.72. The molecule has 4 nitrogen and oxygen atoms in total. The van der Waals surface area contributed by atoms with Gasteiger partial charge in [-0.25, -0.2) is 0 Å². The number of likely N-dealkylation sites (N-methyl/N-ethyl adjacent to an activating group) is 1. The number of primary amides is 1. The minimum atomic E-state index is -0.233. The van der Waals surface area contributed by atoms with Crippen LogP contribution in [0.5, 0.6) is 0 Å². The van der Waals surface area contributed by atoms with Crippen LogP contribution in [0.2, 0.25) is 0 Å². The van der Waals surface area contributed by atoms with Crippen molar-refractivity contribution in [2.24, 2.45) is 11.7 Å². The molecule has 2 aliphatic rings. The van der Waals surface area contributed by atoms with Crippen molar-refractivity contribution >= 4 is 22.4 Å². The Morgan fingerprint density at radius 3 is 3.00 bits per heavy atom. The van der Waals surface area contributed by atoms with Crippen molar-refractivity contribution in [2.75, 3.05) is 13.6 Å². The van der Waals surface area contributed by atoms with Gasteiger partial charge >= 0.3 is 0 Å². The molecule has 1 aromatic heterocycles. The van der Waals surface area contributed by atoms with Crippen LogP contribution in [0.25, 0.3) is 16.5 Å². The standard InChI is InChI=1S/C20H25N3O/c1-3-4-7-16-15-10-18-14(9-12(20(21)24)11-23(18)2)13-6-5-8-17(22-16)19(13)15/h5-6,8-9,12,18,22H,3-4,7,10-11H2,1-2H3,(H2,21,24). The predicted octanol–water partition coefficient (Wildman–Crippen LogP) is 2.87. The van der Waals surface area contributed by atoms with E-state index in [4.69, 9.17) is 5.73 Å². The number of carbonyl (C=O) groups excluding carboxylic acids is 1. The lowest BCUT2D eigenvalue weighted by molar-refractivity contribution is -0.121. The predicted molar refractivity (Wildman–Crippen MR) is 97.7 cm³/mol. The summed E-state index contributed by atoms with van der Waals surface area (Å²) in [7, 11) is 2.11. The number of carbonyl (C=O) groups is 1. The molecule has 0 radical (unpaired) electrons. The first kappa shape index (κ1) is 15.5. The third-order valence-electron chi connectivity index (χ3n) is 5.63. The summed E-state index contributed by atoms with van der Waals surface area (Å²) in [6.07, 6.45) is 6.66. The summed E-state index contributed by atoms with van der Waals surface area (Å²) in [6.45, 7) is 2.95. The highest BCUT2D eigenvalue weighted by Crippen LogP contribution is 2.42. The number of fused-ring (bicyclic) bond motifs is 2. The molecule has 4 heteroatoms. The van der Waals surface area contributed by atoms with E-state index in [0.717, 1.165) is 12.8 Å². The van der Waals surface area contributed by atoms with Gasteiger partial charge in [-0.2, -0.15) is 0 Å². The number of nitrogens with one attached hydrogen (secondary N) is 1. The Balaban J connectivity index is 1.89. The molecular formula is C20H25N3O. The average molecular weight is 323 g/mol. The van der Waals surface area contributed by atoms with Gasteiger partial charge in [-0.15, -0.1) is 0 Å². The Morgan fingerprint density at radius 2 is 2.25 bits per heavy atom. The normalized spacial score (nSPS) is 23.2. The summed E-state index contributed by atoms with van der Waals surface area (Å²) in [6, 6.07) is 6.81. The molecule has 2 atom stereocenters. The highest BCUT2D eigenvalue weighted by atomic mass is 16.1. The third kappa shape index (κ3) is 2.28. The summed E-state index contributed by atoms with van der Waals surface area (Å²) in [5.41, 5.74) is 12.2. The van der Waals surface area contributed by atoms with Gasteiger partial charge in [-0.1, -0.05) is 31.6 Å². The number of rotatable bonds is 4. The van der Waals surface area contributed by atoms with E-state index in [2.05, 4.69) is 48.1 Å². The second-order valence-electron chi connectivity index (χ2n) is 7.20. The quantitative estimate of drug-likeness (QED) is 0.909. The Morgan fingerprint density at radius 1 is 1.42 bits per heavy atom. The largest absolute Gasteiger partial charge is 0.369 e. The van der Waals surface area contributed by atoms with Crippen LogP contribution in [0.3, 0.4) is 0 Å². The van der Waals surface area contributed by atoms with Crippen LogP contribution in [0.15, 0.2) is 24.3 Å². The molecule has 2 heterocycles. The monoisotopic (exact) mass is 323 g/mol. The number of H-pyrrole nitrogens is 1. The van der Waals surface area contributed by atoms with Crippen LogP contribution in [0.4, 0.5) is 0 Å². The molecule has 0 spiro atoms. The van der Waals surface area contributed by atoms with Crippen molar-refractivity contribution in [1.29, 1.82) is 0 Å². The van der Waals surface area contributed by atoms with Crippen molar-refractivity contribution in [3.8, 4) is 0 Å². The lowest BCUT2D eigenvalue weighted by Gasteiger charge is -2.39.